The lowest BCUT2D eigenvalue weighted by Crippen LogP contribution is -2.42. The van der Waals surface area contributed by atoms with Crippen molar-refractivity contribution in [2.45, 2.75) is 12.5 Å². The SMILES string of the molecule is Nc1cc(Cl)cc(C(=O)N[C@@H](Cc2cnc[nH]2)C(=O)O)c1. The van der Waals surface area contributed by atoms with Crippen LogP contribution in [0.2, 0.25) is 5.02 Å². The third-order valence-electron chi connectivity index (χ3n) is 2.76. The van der Waals surface area contributed by atoms with Gasteiger partial charge in [0.1, 0.15) is 6.04 Å². The number of carboxylic acids is 1. The monoisotopic (exact) mass is 308 g/mol. The number of nitrogens with one attached hydrogen (secondary N) is 2. The van der Waals surface area contributed by atoms with E-state index in [1.807, 2.05) is 0 Å². The van der Waals surface area contributed by atoms with E-state index in [9.17, 15) is 14.7 Å². The smallest absolute Gasteiger partial charge is 0.326 e. The fourth-order valence-corrected chi connectivity index (χ4v) is 2.04. The highest BCUT2D eigenvalue weighted by atomic mass is 35.5. The maximum Gasteiger partial charge on any atom is 0.326 e. The number of aromatic nitrogens is 2. The van der Waals surface area contributed by atoms with Gasteiger partial charge in [-0.25, -0.2) is 9.78 Å². The van der Waals surface area contributed by atoms with Gasteiger partial charge in [0, 0.05) is 34.6 Å². The van der Waals surface area contributed by atoms with Gasteiger partial charge in [0.05, 0.1) is 6.33 Å². The molecule has 0 spiro atoms. The van der Waals surface area contributed by atoms with Crippen molar-refractivity contribution in [2.75, 3.05) is 5.73 Å². The van der Waals surface area contributed by atoms with Crippen LogP contribution in [0.1, 0.15) is 16.1 Å². The Balaban J connectivity index is 2.12. The van der Waals surface area contributed by atoms with Gasteiger partial charge in [-0.2, -0.15) is 0 Å². The van der Waals surface area contributed by atoms with Crippen LogP contribution in [0.25, 0.3) is 0 Å². The van der Waals surface area contributed by atoms with Crippen LogP contribution in [0.3, 0.4) is 0 Å². The number of hydrogen-bond acceptors (Lipinski definition) is 4. The van der Waals surface area contributed by atoms with Crippen molar-refractivity contribution in [3.05, 3.63) is 47.0 Å². The molecule has 0 saturated heterocycles. The summed E-state index contributed by atoms with van der Waals surface area (Å²) in [5, 5.41) is 11.9. The van der Waals surface area contributed by atoms with Crippen LogP contribution in [-0.2, 0) is 11.2 Å². The van der Waals surface area contributed by atoms with E-state index < -0.39 is 17.9 Å². The number of H-pyrrole nitrogens is 1. The van der Waals surface area contributed by atoms with Crippen molar-refractivity contribution < 1.29 is 14.7 Å². The van der Waals surface area contributed by atoms with Gasteiger partial charge in [-0.15, -0.1) is 0 Å². The van der Waals surface area contributed by atoms with Gasteiger partial charge >= 0.3 is 5.97 Å². The average molecular weight is 309 g/mol. The van der Waals surface area contributed by atoms with Crippen LogP contribution in [-0.4, -0.2) is 33.0 Å². The Labute approximate surface area is 125 Å². The van der Waals surface area contributed by atoms with E-state index in [0.717, 1.165) is 0 Å². The first-order chi connectivity index (χ1) is 9.95. The Bertz CT molecular complexity index is 637. The number of carbonyl (C=O) groups is 2. The highest BCUT2D eigenvalue weighted by molar-refractivity contribution is 6.31. The zero-order valence-electron chi connectivity index (χ0n) is 10.8. The second-order valence-corrected chi connectivity index (χ2v) is 4.85. The van der Waals surface area contributed by atoms with Crippen molar-refractivity contribution in [1.29, 1.82) is 0 Å². The maximum absolute atomic E-state index is 12.1. The highest BCUT2D eigenvalue weighted by Crippen LogP contribution is 2.16. The van der Waals surface area contributed by atoms with Gasteiger partial charge < -0.3 is 21.1 Å². The van der Waals surface area contributed by atoms with E-state index >= 15 is 0 Å². The Hall–Kier alpha value is -2.54. The van der Waals surface area contributed by atoms with E-state index in [4.69, 9.17) is 17.3 Å². The van der Waals surface area contributed by atoms with Gasteiger partial charge in [-0.05, 0) is 18.2 Å². The van der Waals surface area contributed by atoms with Gasteiger partial charge in [-0.1, -0.05) is 11.6 Å². The number of imidazole rings is 1. The summed E-state index contributed by atoms with van der Waals surface area (Å²) < 4.78 is 0. The molecule has 110 valence electrons. The summed E-state index contributed by atoms with van der Waals surface area (Å²) in [7, 11) is 0. The number of aliphatic carboxylic acids is 1. The molecular weight excluding hydrogens is 296 g/mol. The molecule has 0 aliphatic heterocycles. The predicted molar refractivity (Wildman–Crippen MR) is 77.0 cm³/mol. The Morgan fingerprint density at radius 3 is 2.76 bits per heavy atom. The van der Waals surface area contributed by atoms with E-state index in [1.54, 1.807) is 0 Å². The van der Waals surface area contributed by atoms with Crippen molar-refractivity contribution in [3.8, 4) is 0 Å². The van der Waals surface area contributed by atoms with Crippen LogP contribution in [0.4, 0.5) is 5.69 Å². The zero-order chi connectivity index (χ0) is 15.4. The molecule has 0 saturated carbocycles. The summed E-state index contributed by atoms with van der Waals surface area (Å²) in [4.78, 5) is 29.9. The lowest BCUT2D eigenvalue weighted by molar-refractivity contribution is -0.139. The van der Waals surface area contributed by atoms with E-state index in [0.29, 0.717) is 16.4 Å². The quantitative estimate of drug-likeness (QED) is 0.616. The standard InChI is InChI=1S/C13H13ClN4O3/c14-8-1-7(2-9(15)3-8)12(19)18-11(13(20)21)4-10-5-16-6-17-10/h1-3,5-6,11H,4,15H2,(H,16,17)(H,18,19)(H,20,21)/t11-/m0/s1. The fraction of sp³-hybridized carbons (Fsp3) is 0.154. The summed E-state index contributed by atoms with van der Waals surface area (Å²) in [6.45, 7) is 0. The van der Waals surface area contributed by atoms with Crippen LogP contribution in [0.5, 0.6) is 0 Å². The van der Waals surface area contributed by atoms with Crippen LogP contribution in [0.15, 0.2) is 30.7 Å². The minimum Gasteiger partial charge on any atom is -0.480 e. The first-order valence-corrected chi connectivity index (χ1v) is 6.40. The summed E-state index contributed by atoms with van der Waals surface area (Å²) in [5.41, 5.74) is 6.74. The normalized spacial score (nSPS) is 11.9. The molecule has 2 aromatic rings. The summed E-state index contributed by atoms with van der Waals surface area (Å²) in [6, 6.07) is 3.26. The molecule has 1 atom stereocenters. The van der Waals surface area contributed by atoms with Crippen LogP contribution < -0.4 is 11.1 Å². The molecule has 1 aromatic heterocycles. The Morgan fingerprint density at radius 2 is 2.19 bits per heavy atom. The number of rotatable bonds is 5. The van der Waals surface area contributed by atoms with Crippen LogP contribution >= 0.6 is 11.6 Å². The van der Waals surface area contributed by atoms with Gasteiger partial charge in [-0.3, -0.25) is 4.79 Å². The first-order valence-electron chi connectivity index (χ1n) is 6.02. The lowest BCUT2D eigenvalue weighted by atomic mass is 10.1. The molecule has 5 N–H and O–H groups in total. The molecule has 0 aliphatic rings. The number of nitrogen functional groups attached to an aromatic ring is 1. The summed E-state index contributed by atoms with van der Waals surface area (Å²) in [5.74, 6) is -1.70. The molecular formula is C13H13ClN4O3. The zero-order valence-corrected chi connectivity index (χ0v) is 11.6. The van der Waals surface area contributed by atoms with Crippen molar-refractivity contribution >= 4 is 29.2 Å². The topological polar surface area (TPSA) is 121 Å². The number of hydrogen-bond donors (Lipinski definition) is 4. The largest absolute Gasteiger partial charge is 0.480 e. The average Bonchev–Trinajstić information content (AvgIpc) is 2.89. The molecule has 2 rings (SSSR count). The molecule has 1 heterocycles. The van der Waals surface area contributed by atoms with Gasteiger partial charge in [0.25, 0.3) is 5.91 Å². The molecule has 21 heavy (non-hydrogen) atoms. The molecule has 1 aromatic carbocycles. The summed E-state index contributed by atoms with van der Waals surface area (Å²) in [6.07, 6.45) is 3.03. The molecule has 0 bridgehead atoms. The van der Waals surface area contributed by atoms with E-state index in [1.165, 1.54) is 30.7 Å². The van der Waals surface area contributed by atoms with E-state index in [-0.39, 0.29) is 12.0 Å². The number of anilines is 1. The number of amides is 1. The Morgan fingerprint density at radius 1 is 1.43 bits per heavy atom. The minimum absolute atomic E-state index is 0.0944. The number of nitrogens with two attached hydrogens (primary N) is 1. The minimum atomic E-state index is -1.15. The molecule has 8 heteroatoms. The number of carbonyl (C=O) groups excluding carboxylic acids is 1. The number of nitrogens with zero attached hydrogens (tertiary/aromatic N) is 1. The number of aromatic amines is 1. The van der Waals surface area contributed by atoms with Crippen LogP contribution in [0, 0.1) is 0 Å². The van der Waals surface area contributed by atoms with Crippen molar-refractivity contribution in [3.63, 3.8) is 0 Å². The summed E-state index contributed by atoms with van der Waals surface area (Å²) >= 11 is 5.82. The third-order valence-corrected chi connectivity index (χ3v) is 2.98. The van der Waals surface area contributed by atoms with Gasteiger partial charge in [0.15, 0.2) is 0 Å². The van der Waals surface area contributed by atoms with Crippen molar-refractivity contribution in [1.82, 2.24) is 15.3 Å². The molecule has 0 unspecified atom stereocenters. The van der Waals surface area contributed by atoms with Crippen molar-refractivity contribution in [2.24, 2.45) is 0 Å². The van der Waals surface area contributed by atoms with E-state index in [2.05, 4.69) is 15.3 Å². The molecule has 1 amide bonds. The molecule has 0 fully saturated rings. The molecule has 7 nitrogen and oxygen atoms in total. The Kier molecular flexibility index (Phi) is 4.44. The van der Waals surface area contributed by atoms with Gasteiger partial charge in [0.2, 0.25) is 0 Å². The predicted octanol–water partition coefficient (Wildman–Crippen LogP) is 1.07. The maximum atomic E-state index is 12.1. The third kappa shape index (κ3) is 3.96. The second kappa shape index (κ2) is 6.27. The number of benzene rings is 1. The number of halogens is 1. The molecule has 0 radical (unpaired) electrons. The first kappa shape index (κ1) is 14.9. The second-order valence-electron chi connectivity index (χ2n) is 4.42. The lowest BCUT2D eigenvalue weighted by Gasteiger charge is -2.14. The highest BCUT2D eigenvalue weighted by Gasteiger charge is 2.22. The fourth-order valence-electron chi connectivity index (χ4n) is 1.80. The molecule has 0 aliphatic carbocycles. The number of carboxylic acid groups (broad SMARTS) is 1.